The fourth-order valence-corrected chi connectivity index (χ4v) is 15.3. The Bertz CT molecular complexity index is 2260. The first-order valence-corrected chi connectivity index (χ1v) is 23.7. The number of ether oxygens (including phenoxy) is 2. The van der Waals surface area contributed by atoms with Gasteiger partial charge in [-0.3, -0.25) is 14.4 Å². The monoisotopic (exact) mass is 846 g/mol. The molecule has 1 heterocycles. The maximum absolute atomic E-state index is 14.3. The SMILES string of the molecule is CC(C)C1=C2[C@H]3CC[C@@H]4[C@@]5(C)CC[C@H](OC(=O)[C@H]6C[C@@H](C(=O)OCc7ccccc7)C6(C)C)C(C)(C)[C@@H]5CC[C@@]4(C)[C@]3(C)CC[C@@]2(c2ncc(-c3ccc(Cl)cc3)[nH]2)CC1=O. The van der Waals surface area contributed by atoms with Crippen molar-refractivity contribution in [3.8, 4) is 11.3 Å². The Morgan fingerprint density at radius 3 is 2.20 bits per heavy atom. The van der Waals surface area contributed by atoms with Crippen LogP contribution in [0.1, 0.15) is 138 Å². The van der Waals surface area contributed by atoms with Gasteiger partial charge in [0.05, 0.1) is 29.1 Å². The molecule has 0 bridgehead atoms. The second-order valence-electron chi connectivity index (χ2n) is 22.5. The number of carbonyl (C=O) groups excluding carboxylic acids is 3. The number of H-pyrrole nitrogens is 1. The van der Waals surface area contributed by atoms with Gasteiger partial charge in [-0.05, 0) is 138 Å². The van der Waals surface area contributed by atoms with Crippen LogP contribution in [0.3, 0.4) is 0 Å². The van der Waals surface area contributed by atoms with Crippen LogP contribution in [0.2, 0.25) is 5.02 Å². The molecule has 5 fully saturated rings. The van der Waals surface area contributed by atoms with E-state index in [2.05, 4.69) is 53.5 Å². The Kier molecular flexibility index (Phi) is 10.2. The maximum atomic E-state index is 14.3. The zero-order valence-electron chi connectivity index (χ0n) is 38.0. The molecule has 1 N–H and O–H groups in total. The van der Waals surface area contributed by atoms with E-state index in [1.807, 2.05) is 74.6 Å². The smallest absolute Gasteiger partial charge is 0.309 e. The molecule has 7 nitrogen and oxygen atoms in total. The predicted octanol–water partition coefficient (Wildman–Crippen LogP) is 12.3. The number of aromatic amines is 1. The first-order chi connectivity index (χ1) is 28.8. The number of hydrogen-bond acceptors (Lipinski definition) is 6. The molecule has 2 aromatic carbocycles. The summed E-state index contributed by atoms with van der Waals surface area (Å²) in [7, 11) is 0. The number of allylic oxidation sites excluding steroid dienone is 2. The van der Waals surface area contributed by atoms with Crippen LogP contribution in [0.4, 0.5) is 0 Å². The molecule has 6 aliphatic rings. The Balaban J connectivity index is 0.934. The van der Waals surface area contributed by atoms with Gasteiger partial charge in [-0.25, -0.2) is 4.98 Å². The number of benzene rings is 2. The van der Waals surface area contributed by atoms with E-state index in [-0.39, 0.29) is 64.1 Å². The average Bonchev–Trinajstić information content (AvgIpc) is 3.82. The number of Topliss-reactive ketones (excluding diaryl/α,β-unsaturated/α-hetero) is 1. The molecule has 0 aliphatic heterocycles. The number of esters is 2. The van der Waals surface area contributed by atoms with Gasteiger partial charge in [0.1, 0.15) is 18.5 Å². The third kappa shape index (κ3) is 6.30. The summed E-state index contributed by atoms with van der Waals surface area (Å²) in [6.07, 6.45) is 11.0. The third-order valence-corrected chi connectivity index (χ3v) is 19.1. The zero-order valence-corrected chi connectivity index (χ0v) is 38.7. The summed E-state index contributed by atoms with van der Waals surface area (Å²) in [5.74, 6) is 1.61. The number of hydrogen-bond donors (Lipinski definition) is 1. The molecule has 8 heteroatoms. The van der Waals surface area contributed by atoms with Crippen molar-refractivity contribution in [1.82, 2.24) is 9.97 Å². The Morgan fingerprint density at radius 2 is 1.51 bits per heavy atom. The number of halogens is 1. The Labute approximate surface area is 368 Å². The Hall–Kier alpha value is -3.71. The van der Waals surface area contributed by atoms with Gasteiger partial charge in [0.2, 0.25) is 0 Å². The van der Waals surface area contributed by atoms with Crippen molar-refractivity contribution in [2.24, 2.45) is 62.6 Å². The highest BCUT2D eigenvalue weighted by Crippen LogP contribution is 2.77. The van der Waals surface area contributed by atoms with E-state index in [0.717, 1.165) is 79.6 Å². The third-order valence-electron chi connectivity index (χ3n) is 18.9. The van der Waals surface area contributed by atoms with Crippen LogP contribution in [-0.2, 0) is 35.9 Å². The number of nitrogens with zero attached hydrogens (tertiary/aromatic N) is 1. The highest BCUT2D eigenvalue weighted by atomic mass is 35.5. The number of nitrogens with one attached hydrogen (secondary N) is 1. The van der Waals surface area contributed by atoms with Crippen molar-refractivity contribution in [3.63, 3.8) is 0 Å². The number of aromatic nitrogens is 2. The summed E-state index contributed by atoms with van der Waals surface area (Å²) in [6, 6.07) is 17.6. The van der Waals surface area contributed by atoms with Crippen molar-refractivity contribution in [2.75, 3.05) is 0 Å². The summed E-state index contributed by atoms with van der Waals surface area (Å²) in [6.45, 7) is 21.2. The maximum Gasteiger partial charge on any atom is 0.309 e. The van der Waals surface area contributed by atoms with Crippen LogP contribution in [0, 0.1) is 62.6 Å². The minimum Gasteiger partial charge on any atom is -0.462 e. The van der Waals surface area contributed by atoms with Gasteiger partial charge in [-0.2, -0.15) is 0 Å². The standard InChI is InChI=1S/C53H67ClN2O5/c1-31(2)43-39(57)28-53(47-55-29-38(56-47)33-15-17-34(54)18-16-33)26-25-51(8)35(44(43)53)19-20-41-50(7)23-22-42(49(5,6)40(50)21-24-52(41,51)9)61-46(59)37-27-36(48(37,3)4)45(58)60-30-32-13-11-10-12-14-32/h10-18,29,31,35-37,40-42H,19-28,30H2,1-9H3,(H,55,56)/t35-,36+,37-,40+,41-,42+,50+,51-,52-,53-/m1/s1. The van der Waals surface area contributed by atoms with Gasteiger partial charge in [0.15, 0.2) is 5.78 Å². The zero-order chi connectivity index (χ0) is 43.5. The van der Waals surface area contributed by atoms with Gasteiger partial charge in [0, 0.05) is 16.9 Å². The van der Waals surface area contributed by atoms with E-state index in [1.54, 1.807) is 0 Å². The molecule has 326 valence electrons. The van der Waals surface area contributed by atoms with Crippen LogP contribution >= 0.6 is 11.6 Å². The van der Waals surface area contributed by atoms with Crippen LogP contribution in [0.15, 0.2) is 71.9 Å². The largest absolute Gasteiger partial charge is 0.462 e. The van der Waals surface area contributed by atoms with Gasteiger partial charge < -0.3 is 14.5 Å². The summed E-state index contributed by atoms with van der Waals surface area (Å²) in [4.78, 5) is 50.3. The molecule has 3 aromatic rings. The van der Waals surface area contributed by atoms with Gasteiger partial charge in [-0.1, -0.05) is 116 Å². The quantitative estimate of drug-likeness (QED) is 0.227. The van der Waals surface area contributed by atoms with E-state index in [4.69, 9.17) is 26.1 Å². The van der Waals surface area contributed by atoms with E-state index in [1.165, 1.54) is 5.57 Å². The molecule has 10 atom stereocenters. The highest BCUT2D eigenvalue weighted by Gasteiger charge is 2.71. The van der Waals surface area contributed by atoms with E-state index in [0.29, 0.717) is 41.4 Å². The number of fused-ring (bicyclic) bond motifs is 7. The number of ketones is 1. The van der Waals surface area contributed by atoms with Crippen molar-refractivity contribution in [3.05, 3.63) is 88.4 Å². The van der Waals surface area contributed by atoms with Gasteiger partial charge in [-0.15, -0.1) is 0 Å². The molecular weight excluding hydrogens is 780 g/mol. The van der Waals surface area contributed by atoms with Crippen LogP contribution in [-0.4, -0.2) is 33.8 Å². The number of carbonyl (C=O) groups is 3. The molecule has 1 aromatic heterocycles. The van der Waals surface area contributed by atoms with Crippen LogP contribution in [0.25, 0.3) is 11.3 Å². The highest BCUT2D eigenvalue weighted by molar-refractivity contribution is 6.30. The van der Waals surface area contributed by atoms with Gasteiger partial charge >= 0.3 is 11.9 Å². The first kappa shape index (κ1) is 42.6. The normalized spacial score (nSPS) is 37.2. The summed E-state index contributed by atoms with van der Waals surface area (Å²) in [5.41, 5.74) is 4.51. The lowest BCUT2D eigenvalue weighted by molar-refractivity contribution is -0.235. The minimum atomic E-state index is -0.527. The fourth-order valence-electron chi connectivity index (χ4n) is 15.2. The minimum absolute atomic E-state index is 0.0289. The number of rotatable bonds is 8. The Morgan fingerprint density at radius 1 is 0.803 bits per heavy atom. The summed E-state index contributed by atoms with van der Waals surface area (Å²) < 4.78 is 12.3. The second kappa shape index (κ2) is 14.7. The molecule has 9 rings (SSSR count). The molecule has 0 saturated heterocycles. The molecule has 6 aliphatic carbocycles. The molecule has 5 saturated carbocycles. The van der Waals surface area contributed by atoms with Crippen molar-refractivity contribution in [1.29, 1.82) is 0 Å². The van der Waals surface area contributed by atoms with Crippen LogP contribution in [0.5, 0.6) is 0 Å². The van der Waals surface area contributed by atoms with Crippen molar-refractivity contribution in [2.45, 2.75) is 145 Å². The molecule has 61 heavy (non-hydrogen) atoms. The van der Waals surface area contributed by atoms with Gasteiger partial charge in [0.25, 0.3) is 0 Å². The predicted molar refractivity (Wildman–Crippen MR) is 239 cm³/mol. The molecule has 0 radical (unpaired) electrons. The molecular formula is C53H67ClN2O5. The lowest BCUT2D eigenvalue weighted by atomic mass is 9.33. The molecule has 0 unspecified atom stereocenters. The molecule has 0 amide bonds. The fraction of sp³-hybridized carbons (Fsp3) is 0.623. The lowest BCUT2D eigenvalue weighted by Gasteiger charge is -2.72. The van der Waals surface area contributed by atoms with E-state index >= 15 is 0 Å². The lowest BCUT2D eigenvalue weighted by Crippen LogP contribution is -2.66. The van der Waals surface area contributed by atoms with E-state index in [9.17, 15) is 14.4 Å². The van der Waals surface area contributed by atoms with Crippen molar-refractivity contribution < 1.29 is 23.9 Å². The average molecular weight is 848 g/mol. The summed E-state index contributed by atoms with van der Waals surface area (Å²) >= 11 is 6.24. The summed E-state index contributed by atoms with van der Waals surface area (Å²) in [5, 5.41) is 0.705. The first-order valence-electron chi connectivity index (χ1n) is 23.3. The molecule has 0 spiro atoms. The van der Waals surface area contributed by atoms with Crippen LogP contribution < -0.4 is 0 Å². The van der Waals surface area contributed by atoms with Crippen molar-refractivity contribution >= 4 is 29.3 Å². The number of imidazole rings is 1. The van der Waals surface area contributed by atoms with E-state index < -0.39 is 10.8 Å². The topological polar surface area (TPSA) is 98.3 Å². The second-order valence-corrected chi connectivity index (χ2v) is 22.9.